The Morgan fingerprint density at radius 2 is 1.19 bits per heavy atom. The summed E-state index contributed by atoms with van der Waals surface area (Å²) in [6, 6.07) is 15.1. The van der Waals surface area contributed by atoms with Crippen LogP contribution in [0.15, 0.2) is 188 Å². The summed E-state index contributed by atoms with van der Waals surface area (Å²) in [7, 11) is 0. The average Bonchev–Trinajstić information content (AvgIpc) is 3.82. The fraction of sp³-hybridized carbons (Fsp3) is 0.151. The molecule has 2 aliphatic rings. The Hall–Kier alpha value is -5.91. The van der Waals surface area contributed by atoms with E-state index in [1.807, 2.05) is 53.4 Å². The summed E-state index contributed by atoms with van der Waals surface area (Å²) in [6.07, 6.45) is 8.02. The molecule has 1 saturated carbocycles. The van der Waals surface area contributed by atoms with Gasteiger partial charge < -0.3 is 0 Å². The molecule has 57 heavy (non-hydrogen) atoms. The van der Waals surface area contributed by atoms with Crippen LogP contribution in [0.1, 0.15) is 65.7 Å². The van der Waals surface area contributed by atoms with Crippen molar-refractivity contribution in [2.75, 3.05) is 4.90 Å². The third kappa shape index (κ3) is 4.88. The molecule has 0 spiro atoms. The minimum atomic E-state index is -6.35. The Balaban J connectivity index is 1.32. The zero-order valence-electron chi connectivity index (χ0n) is 46.4. The third-order valence-electron chi connectivity index (χ3n) is 13.0. The molecule has 0 amide bonds. The first-order chi connectivity index (χ1) is 34.2. The standard InChI is InChI=1S/C53H45GeN3/c1-52-31-16-17-32-53(52,2)57(50-30-33-55-37-47(50)52)43-28-29-49-46(36-43)45-26-14-15-27-48(45)56(49)51-35-42(34-38-18-12-13-25-44(38)51)54(39-19-6-3-7-20-39,40-21-8-4-9-22-40)41-23-10-5-11-24-41/h3-15,18-30,33-37H,16-17,31-32H2,1-2H3/i3D,4D,5D,6D,7D,8D,9D,10D,11D,19D,20D,21D,22D,23D,24D. The molecule has 0 radical (unpaired) electrons. The van der Waals surface area contributed by atoms with E-state index < -0.39 is 117 Å². The van der Waals surface area contributed by atoms with Gasteiger partial charge in [0.05, 0.1) is 0 Å². The molecule has 4 heteroatoms. The van der Waals surface area contributed by atoms with Crippen molar-refractivity contribution in [3.05, 3.63) is 194 Å². The van der Waals surface area contributed by atoms with Crippen molar-refractivity contribution in [2.45, 2.75) is 50.5 Å². The van der Waals surface area contributed by atoms with E-state index in [0.29, 0.717) is 16.5 Å². The van der Waals surface area contributed by atoms with Crippen LogP contribution >= 0.6 is 0 Å². The minimum absolute atomic E-state index is 0.0913. The fourth-order valence-corrected chi connectivity index (χ4v) is 18.2. The molecule has 2 unspecified atom stereocenters. The van der Waals surface area contributed by atoms with Gasteiger partial charge in [0.25, 0.3) is 0 Å². The van der Waals surface area contributed by atoms with E-state index in [1.165, 1.54) is 5.56 Å². The molecule has 7 aromatic carbocycles. The summed E-state index contributed by atoms with van der Waals surface area (Å²) in [5, 5.41) is 3.00. The van der Waals surface area contributed by atoms with Crippen molar-refractivity contribution in [3.63, 3.8) is 0 Å². The Kier molecular flexibility index (Phi) is 5.08. The summed E-state index contributed by atoms with van der Waals surface area (Å²) in [4.78, 5) is 7.05. The second kappa shape index (κ2) is 13.1. The van der Waals surface area contributed by atoms with Crippen molar-refractivity contribution >= 4 is 74.8 Å². The zero-order valence-corrected chi connectivity index (χ0v) is 33.5. The van der Waals surface area contributed by atoms with Gasteiger partial charge in [-0.05, 0) is 0 Å². The van der Waals surface area contributed by atoms with Gasteiger partial charge in [-0.3, -0.25) is 4.98 Å². The van der Waals surface area contributed by atoms with E-state index in [2.05, 4.69) is 48.0 Å². The maximum atomic E-state index is 9.67. The number of hydrogen-bond donors (Lipinski definition) is 0. The van der Waals surface area contributed by atoms with Crippen molar-refractivity contribution in [2.24, 2.45) is 0 Å². The van der Waals surface area contributed by atoms with Crippen LogP contribution < -0.4 is 22.5 Å². The molecule has 2 aromatic heterocycles. The molecule has 0 bridgehead atoms. The van der Waals surface area contributed by atoms with Gasteiger partial charge in [0.15, 0.2) is 0 Å². The van der Waals surface area contributed by atoms with E-state index >= 15 is 0 Å². The van der Waals surface area contributed by atoms with E-state index in [9.17, 15) is 8.22 Å². The number of pyridine rings is 1. The Morgan fingerprint density at radius 3 is 1.89 bits per heavy atom. The van der Waals surface area contributed by atoms with Crippen LogP contribution in [0.5, 0.6) is 0 Å². The number of nitrogens with zero attached hydrogens (tertiary/aromatic N) is 3. The van der Waals surface area contributed by atoms with E-state index in [4.69, 9.17) is 12.3 Å². The molecule has 1 fully saturated rings. The van der Waals surface area contributed by atoms with Gasteiger partial charge in [-0.1, -0.05) is 6.42 Å². The number of hydrogen-bond acceptors (Lipinski definition) is 2. The molecule has 0 saturated heterocycles. The molecule has 3 heterocycles. The molecule has 0 N–H and O–H groups in total. The quantitative estimate of drug-likeness (QED) is 0.156. The summed E-state index contributed by atoms with van der Waals surface area (Å²) in [5.41, 5.74) is 4.90. The zero-order chi connectivity index (χ0) is 51.2. The number of aromatic nitrogens is 2. The number of rotatable bonds is 6. The van der Waals surface area contributed by atoms with Crippen LogP contribution in [0.4, 0.5) is 11.4 Å². The number of para-hydroxylation sites is 1. The molecular formula is C53H45GeN3. The third-order valence-corrected chi connectivity index (χ3v) is 21.7. The normalized spacial score (nSPS) is 22.9. The predicted molar refractivity (Wildman–Crippen MR) is 243 cm³/mol. The number of benzene rings is 7. The second-order valence-corrected chi connectivity index (χ2v) is 23.1. The molecule has 1 aliphatic heterocycles. The molecule has 1 aliphatic carbocycles. The van der Waals surface area contributed by atoms with E-state index in [1.54, 1.807) is 24.3 Å². The van der Waals surface area contributed by atoms with Crippen molar-refractivity contribution in [1.82, 2.24) is 9.55 Å². The van der Waals surface area contributed by atoms with Crippen LogP contribution in [-0.2, 0) is 5.41 Å². The Morgan fingerprint density at radius 1 is 0.579 bits per heavy atom. The molecule has 9 aromatic rings. The molecule has 2 atom stereocenters. The summed E-state index contributed by atoms with van der Waals surface area (Å²) in [5.74, 6) is 0. The van der Waals surface area contributed by atoms with Crippen LogP contribution in [0.2, 0.25) is 0 Å². The Labute approximate surface area is 358 Å². The monoisotopic (exact) mass is 812 g/mol. The topological polar surface area (TPSA) is 21.1 Å². The van der Waals surface area contributed by atoms with Gasteiger partial charge >= 0.3 is 348 Å². The summed E-state index contributed by atoms with van der Waals surface area (Å²) in [6.45, 7) is 4.69. The molecule has 276 valence electrons. The van der Waals surface area contributed by atoms with Gasteiger partial charge in [-0.2, -0.15) is 0 Å². The summed E-state index contributed by atoms with van der Waals surface area (Å²) < 4.78 is 139. The van der Waals surface area contributed by atoms with Gasteiger partial charge in [0.2, 0.25) is 0 Å². The molecule has 11 rings (SSSR count). The first kappa shape index (κ1) is 22.1. The number of anilines is 2. The Bertz CT molecular complexity index is 3600. The fourth-order valence-electron chi connectivity index (χ4n) is 10.1. The van der Waals surface area contributed by atoms with Crippen LogP contribution in [0, 0.1) is 0 Å². The van der Waals surface area contributed by atoms with Crippen molar-refractivity contribution < 1.29 is 20.6 Å². The average molecular weight is 812 g/mol. The van der Waals surface area contributed by atoms with Gasteiger partial charge in [0.1, 0.15) is 0 Å². The van der Waals surface area contributed by atoms with E-state index in [0.717, 1.165) is 58.9 Å². The first-order valence-corrected chi connectivity index (χ1v) is 23.5. The van der Waals surface area contributed by atoms with Crippen LogP contribution in [-0.4, -0.2) is 28.4 Å². The van der Waals surface area contributed by atoms with Gasteiger partial charge in [-0.25, -0.2) is 0 Å². The predicted octanol–water partition coefficient (Wildman–Crippen LogP) is 10.5. The first-order valence-electron chi connectivity index (χ1n) is 26.8. The number of fused-ring (bicyclic) bond motifs is 7. The molecule has 3 nitrogen and oxygen atoms in total. The van der Waals surface area contributed by atoms with Gasteiger partial charge in [-0.15, -0.1) is 0 Å². The SMILES string of the molecule is [2H]c1c([2H])c([2H])[c]([Ge]([c]2cc(-n3c4ccccc4c4cc(N5c6ccncc6C6(C)CCCCC56C)ccc43)c3ccccc3c2)([c]2c([2H])c([2H])c([2H])c([2H])c2[2H])[c]2c([2H])c([2H])c([2H])c([2H])c2[2H])c([2H])c1[2H]. The van der Waals surface area contributed by atoms with Crippen LogP contribution in [0.3, 0.4) is 0 Å². The van der Waals surface area contributed by atoms with Gasteiger partial charge in [0, 0.05) is 0 Å². The van der Waals surface area contributed by atoms with Crippen LogP contribution in [0.25, 0.3) is 38.3 Å². The van der Waals surface area contributed by atoms with Crippen molar-refractivity contribution in [1.29, 1.82) is 0 Å². The second-order valence-electron chi connectivity index (χ2n) is 15.6. The molecular weight excluding hydrogens is 751 g/mol. The summed E-state index contributed by atoms with van der Waals surface area (Å²) >= 11 is -6.35. The maximum absolute atomic E-state index is 9.67. The van der Waals surface area contributed by atoms with E-state index in [-0.39, 0.29) is 15.3 Å². The van der Waals surface area contributed by atoms with Crippen molar-refractivity contribution in [3.8, 4) is 5.69 Å².